The lowest BCUT2D eigenvalue weighted by Crippen LogP contribution is -2.58. The number of hydrogen-bond donors (Lipinski definition) is 0. The predicted molar refractivity (Wildman–Crippen MR) is 123 cm³/mol. The van der Waals surface area contributed by atoms with E-state index >= 15 is 0 Å². The van der Waals surface area contributed by atoms with Gasteiger partial charge in [0.25, 0.3) is 0 Å². The second kappa shape index (κ2) is 9.14. The Morgan fingerprint density at radius 1 is 1.06 bits per heavy atom. The average Bonchev–Trinajstić information content (AvgIpc) is 3.17. The summed E-state index contributed by atoms with van der Waals surface area (Å²) in [6.45, 7) is 8.56. The van der Waals surface area contributed by atoms with E-state index in [-0.39, 0.29) is 23.2 Å². The summed E-state index contributed by atoms with van der Waals surface area (Å²) in [5.41, 5.74) is -5.34. The van der Waals surface area contributed by atoms with Crippen LogP contribution >= 0.6 is 0 Å². The summed E-state index contributed by atoms with van der Waals surface area (Å²) in [5, 5.41) is 0. The fourth-order valence-corrected chi connectivity index (χ4v) is 6.11. The number of hydrogen-bond acceptors (Lipinski definition) is 6. The zero-order chi connectivity index (χ0) is 25.6. The van der Waals surface area contributed by atoms with Gasteiger partial charge in [-0.25, -0.2) is 4.79 Å². The van der Waals surface area contributed by atoms with E-state index in [0.29, 0.717) is 37.5 Å². The molecule has 4 rings (SSSR count). The summed E-state index contributed by atoms with van der Waals surface area (Å²) in [6.07, 6.45) is 4.28. The van der Waals surface area contributed by atoms with Gasteiger partial charge < -0.3 is 18.7 Å². The Balaban J connectivity index is 1.31. The van der Waals surface area contributed by atoms with Gasteiger partial charge >= 0.3 is 21.7 Å². The molecule has 0 unspecified atom stereocenters. The standard InChI is InChI=1S/C24H33F3N2O5S/c1-22(2,3)33-21(30)29-15-23(16-29)11-8-18(14-23)28-12-9-17(10-13-28)19-6-4-5-7-20(19)34-35(31,32)24(25,26)27/h4-7,17-18H,8-16H2,1-3H3/t18-/m1/s1. The van der Waals surface area contributed by atoms with Gasteiger partial charge in [0.15, 0.2) is 0 Å². The van der Waals surface area contributed by atoms with Crippen molar-refractivity contribution in [2.24, 2.45) is 5.41 Å². The molecule has 0 aromatic heterocycles. The Bertz CT molecular complexity index is 1040. The molecule has 2 heterocycles. The molecule has 0 bridgehead atoms. The van der Waals surface area contributed by atoms with Gasteiger partial charge in [-0.05, 0) is 83.5 Å². The van der Waals surface area contributed by atoms with Crippen LogP contribution in [0, 0.1) is 5.41 Å². The molecule has 196 valence electrons. The number of alkyl halides is 3. The van der Waals surface area contributed by atoms with E-state index in [1.807, 2.05) is 20.8 Å². The topological polar surface area (TPSA) is 76.2 Å². The fourth-order valence-electron chi connectivity index (χ4n) is 5.63. The molecule has 1 amide bonds. The van der Waals surface area contributed by atoms with Crippen molar-refractivity contribution in [2.45, 2.75) is 75.9 Å². The van der Waals surface area contributed by atoms with Crippen LogP contribution in [-0.2, 0) is 14.9 Å². The van der Waals surface area contributed by atoms with E-state index in [9.17, 15) is 26.4 Å². The van der Waals surface area contributed by atoms with Gasteiger partial charge in [0.1, 0.15) is 11.4 Å². The van der Waals surface area contributed by atoms with Crippen LogP contribution in [-0.4, -0.2) is 67.6 Å². The van der Waals surface area contributed by atoms with Gasteiger partial charge in [-0.15, -0.1) is 0 Å². The average molecular weight is 519 g/mol. The van der Waals surface area contributed by atoms with Gasteiger partial charge in [0.2, 0.25) is 0 Å². The van der Waals surface area contributed by atoms with Gasteiger partial charge in [-0.1, -0.05) is 18.2 Å². The minimum absolute atomic E-state index is 0.0763. The highest BCUT2D eigenvalue weighted by Gasteiger charge is 2.52. The highest BCUT2D eigenvalue weighted by molar-refractivity contribution is 7.88. The molecule has 2 aliphatic heterocycles. The highest BCUT2D eigenvalue weighted by atomic mass is 32.2. The first kappa shape index (κ1) is 26.1. The lowest BCUT2D eigenvalue weighted by atomic mass is 9.78. The minimum Gasteiger partial charge on any atom is -0.444 e. The largest absolute Gasteiger partial charge is 0.534 e. The number of likely N-dealkylation sites (tertiary alicyclic amines) is 2. The molecule has 1 saturated carbocycles. The molecule has 3 fully saturated rings. The van der Waals surface area contributed by atoms with Crippen molar-refractivity contribution in [2.75, 3.05) is 26.2 Å². The summed E-state index contributed by atoms with van der Waals surface area (Å²) in [6, 6.07) is 6.48. The van der Waals surface area contributed by atoms with Crippen molar-refractivity contribution in [3.63, 3.8) is 0 Å². The molecule has 1 atom stereocenters. The second-order valence-electron chi connectivity index (χ2n) is 11.1. The van der Waals surface area contributed by atoms with Crippen molar-refractivity contribution in [3.05, 3.63) is 29.8 Å². The predicted octanol–water partition coefficient (Wildman–Crippen LogP) is 4.88. The first-order valence-corrected chi connectivity index (χ1v) is 13.4. The first-order valence-electron chi connectivity index (χ1n) is 12.0. The molecule has 2 saturated heterocycles. The van der Waals surface area contributed by atoms with E-state index in [1.165, 1.54) is 12.1 Å². The summed E-state index contributed by atoms with van der Waals surface area (Å²) in [4.78, 5) is 16.5. The van der Waals surface area contributed by atoms with Crippen LogP contribution in [0.1, 0.15) is 64.4 Å². The van der Waals surface area contributed by atoms with Crippen LogP contribution in [0.5, 0.6) is 5.75 Å². The van der Waals surface area contributed by atoms with E-state index in [2.05, 4.69) is 9.08 Å². The summed E-state index contributed by atoms with van der Waals surface area (Å²) in [7, 11) is -5.71. The zero-order valence-corrected chi connectivity index (χ0v) is 21.1. The summed E-state index contributed by atoms with van der Waals surface area (Å²) in [5.74, 6) is -0.326. The van der Waals surface area contributed by atoms with E-state index in [1.54, 1.807) is 17.0 Å². The molecule has 0 radical (unpaired) electrons. The minimum atomic E-state index is -5.71. The maximum atomic E-state index is 12.8. The molecule has 7 nitrogen and oxygen atoms in total. The van der Waals surface area contributed by atoms with Crippen molar-refractivity contribution < 1.29 is 35.3 Å². The molecular formula is C24H33F3N2O5S. The van der Waals surface area contributed by atoms with Gasteiger partial charge in [-0.2, -0.15) is 21.6 Å². The third-order valence-corrected chi connectivity index (χ3v) is 8.23. The number of halogens is 3. The number of piperidine rings is 1. The number of para-hydroxylation sites is 1. The molecule has 11 heteroatoms. The van der Waals surface area contributed by atoms with Crippen LogP contribution in [0.25, 0.3) is 0 Å². The molecule has 3 aliphatic rings. The first-order chi connectivity index (χ1) is 16.2. The maximum absolute atomic E-state index is 12.8. The van der Waals surface area contributed by atoms with Crippen LogP contribution in [0.3, 0.4) is 0 Å². The van der Waals surface area contributed by atoms with Crippen molar-refractivity contribution >= 4 is 16.2 Å². The third kappa shape index (κ3) is 5.71. The molecule has 1 aromatic carbocycles. The third-order valence-electron chi connectivity index (χ3n) is 7.27. The Hall–Kier alpha value is -2.01. The van der Waals surface area contributed by atoms with Gasteiger partial charge in [-0.3, -0.25) is 0 Å². The van der Waals surface area contributed by atoms with Crippen LogP contribution < -0.4 is 4.18 Å². The van der Waals surface area contributed by atoms with E-state index in [0.717, 1.165) is 32.4 Å². The molecule has 35 heavy (non-hydrogen) atoms. The quantitative estimate of drug-likeness (QED) is 0.418. The molecule has 1 aromatic rings. The monoisotopic (exact) mass is 518 g/mol. The molecule has 1 aliphatic carbocycles. The van der Waals surface area contributed by atoms with Crippen molar-refractivity contribution in [3.8, 4) is 5.75 Å². The van der Waals surface area contributed by atoms with Crippen LogP contribution in [0.15, 0.2) is 24.3 Å². The Labute approximate surface area is 204 Å². The van der Waals surface area contributed by atoms with Gasteiger partial charge in [0, 0.05) is 24.5 Å². The second-order valence-corrected chi connectivity index (χ2v) is 12.6. The van der Waals surface area contributed by atoms with Crippen molar-refractivity contribution in [1.82, 2.24) is 9.80 Å². The zero-order valence-electron chi connectivity index (χ0n) is 20.3. The lowest BCUT2D eigenvalue weighted by molar-refractivity contribution is -0.0500. The molecular weight excluding hydrogens is 485 g/mol. The Kier molecular flexibility index (Phi) is 6.80. The maximum Gasteiger partial charge on any atom is 0.534 e. The van der Waals surface area contributed by atoms with Crippen LogP contribution in [0.4, 0.5) is 18.0 Å². The normalized spacial score (nSPS) is 23.8. The smallest absolute Gasteiger partial charge is 0.444 e. The summed E-state index contributed by atoms with van der Waals surface area (Å²) >= 11 is 0. The Morgan fingerprint density at radius 3 is 2.29 bits per heavy atom. The number of rotatable bonds is 4. The van der Waals surface area contributed by atoms with E-state index < -0.39 is 21.2 Å². The SMILES string of the molecule is CC(C)(C)OC(=O)N1CC2(CC[C@@H](N3CCC(c4ccccc4OS(=O)(=O)C(F)(F)F)CC3)C2)C1. The fraction of sp³-hybridized carbons (Fsp3) is 0.708. The molecule has 1 spiro atoms. The molecule has 0 N–H and O–H groups in total. The lowest BCUT2D eigenvalue weighted by Gasteiger charge is -2.48. The highest BCUT2D eigenvalue weighted by Crippen LogP contribution is 2.48. The van der Waals surface area contributed by atoms with E-state index in [4.69, 9.17) is 4.74 Å². The Morgan fingerprint density at radius 2 is 1.69 bits per heavy atom. The number of carbonyl (C=O) groups excluding carboxylic acids is 1. The number of ether oxygens (including phenoxy) is 1. The number of nitrogens with zero attached hydrogens (tertiary/aromatic N) is 2. The summed E-state index contributed by atoms with van der Waals surface area (Å²) < 4.78 is 71.4. The van der Waals surface area contributed by atoms with Crippen molar-refractivity contribution in [1.29, 1.82) is 0 Å². The van der Waals surface area contributed by atoms with Gasteiger partial charge in [0.05, 0.1) is 0 Å². The van der Waals surface area contributed by atoms with Crippen LogP contribution in [0.2, 0.25) is 0 Å². The number of benzene rings is 1. The number of amides is 1. The number of carbonyl (C=O) groups is 1.